The number of rotatable bonds is 31. The van der Waals surface area contributed by atoms with E-state index in [1.807, 2.05) is 0 Å². The van der Waals surface area contributed by atoms with Crippen molar-refractivity contribution in [2.24, 2.45) is 59.2 Å². The molecule has 12 fully saturated rings. The number of ketones is 3. The molecule has 12 aliphatic carbocycles. The Morgan fingerprint density at radius 2 is 0.651 bits per heavy atom. The fourth-order valence-electron chi connectivity index (χ4n) is 16.1. The van der Waals surface area contributed by atoms with E-state index in [0.29, 0.717) is 94.4 Å². The smallest absolute Gasteiger partial charge is 0.376 e. The molecule has 86 heavy (non-hydrogen) atoms. The van der Waals surface area contributed by atoms with Crippen molar-refractivity contribution in [1.29, 1.82) is 0 Å². The maximum Gasteiger partial charge on any atom is 0.376 e. The van der Waals surface area contributed by atoms with Crippen LogP contribution in [0.3, 0.4) is 0 Å². The Morgan fingerprint density at radius 3 is 0.942 bits per heavy atom. The van der Waals surface area contributed by atoms with Gasteiger partial charge in [-0.25, -0.2) is 14.4 Å². The average molecular weight is 1230 g/mol. The Hall–Kier alpha value is -4.59. The van der Waals surface area contributed by atoms with Crippen molar-refractivity contribution in [3.05, 3.63) is 0 Å². The standard InChI is InChI=1S/C26H40F2O5.C22H32F2O5.C17H22F2O5/c1-25(27,28)24(31)32-13-11-9-7-5-3-2-4-6-8-10-12-22(29)33-26-16-19-14-20(17-26)23(30)21(15-19)18-26;1-21(23,24)20(27)28-9-7-5-3-2-4-6-8-18(25)29-22-12-15-10-16(13-22)19(26)17(11-15)14-22;1-9(8-23-15(22)16(2,18)19)14(21)24-17-5-10-3-11(6-17)13(20)12(4-10)7-17/h19-21H,2-18H2,1H3;15-17H,2-14H2,1H3;9-12H,3-8H2,1-2H3. The highest BCUT2D eigenvalue weighted by molar-refractivity contribution is 5.88. The first-order chi connectivity index (χ1) is 40.5. The lowest BCUT2D eigenvalue weighted by Crippen LogP contribution is -2.57. The van der Waals surface area contributed by atoms with Gasteiger partial charge in [0.2, 0.25) is 0 Å². The minimum atomic E-state index is -3.58. The second-order valence-corrected chi connectivity index (χ2v) is 27.7. The Balaban J connectivity index is 0.000000187. The molecule has 0 aliphatic heterocycles. The van der Waals surface area contributed by atoms with Crippen LogP contribution in [0, 0.1) is 59.2 Å². The van der Waals surface area contributed by atoms with Crippen LogP contribution >= 0.6 is 0 Å². The van der Waals surface area contributed by atoms with Crippen LogP contribution in [-0.4, -0.2) is 108 Å². The van der Waals surface area contributed by atoms with Gasteiger partial charge in [-0.3, -0.25) is 28.8 Å². The number of halogens is 6. The summed E-state index contributed by atoms with van der Waals surface area (Å²) in [5, 5.41) is 0. The summed E-state index contributed by atoms with van der Waals surface area (Å²) in [5.74, 6) is -13.5. The molecule has 0 amide bonds. The van der Waals surface area contributed by atoms with Gasteiger partial charge in [-0.2, -0.15) is 26.3 Å². The zero-order valence-electron chi connectivity index (χ0n) is 51.1. The zero-order valence-corrected chi connectivity index (χ0v) is 51.1. The van der Waals surface area contributed by atoms with E-state index in [0.717, 1.165) is 173 Å². The molecular formula is C65H94F6O15. The van der Waals surface area contributed by atoms with Crippen LogP contribution < -0.4 is 0 Å². The lowest BCUT2D eigenvalue weighted by molar-refractivity contribution is -0.195. The van der Waals surface area contributed by atoms with E-state index < -0.39 is 59.8 Å². The van der Waals surface area contributed by atoms with E-state index in [1.54, 1.807) is 0 Å². The molecule has 12 aliphatic rings. The summed E-state index contributed by atoms with van der Waals surface area (Å²) in [7, 11) is 0. The van der Waals surface area contributed by atoms with Crippen LogP contribution in [0.15, 0.2) is 0 Å². The first-order valence-corrected chi connectivity index (χ1v) is 32.4. The number of Topliss-reactive ketones (excluding diaryl/α,β-unsaturated/α-hetero) is 3. The minimum absolute atomic E-state index is 0.0160. The van der Waals surface area contributed by atoms with Gasteiger partial charge in [-0.1, -0.05) is 77.0 Å². The number of hydrogen-bond acceptors (Lipinski definition) is 15. The minimum Gasteiger partial charge on any atom is -0.461 e. The topological polar surface area (TPSA) is 209 Å². The first-order valence-electron chi connectivity index (χ1n) is 32.4. The molecule has 0 heterocycles. The van der Waals surface area contributed by atoms with Crippen molar-refractivity contribution < 1.29 is 97.9 Å². The molecule has 0 aromatic heterocycles. The van der Waals surface area contributed by atoms with E-state index in [-0.39, 0.29) is 71.9 Å². The molecule has 0 aromatic carbocycles. The van der Waals surface area contributed by atoms with Crippen LogP contribution in [0.1, 0.15) is 240 Å². The predicted octanol–water partition coefficient (Wildman–Crippen LogP) is 13.3. The third kappa shape index (κ3) is 19.5. The molecule has 12 rings (SSSR count). The molecule has 0 N–H and O–H groups in total. The normalized spacial score (nSPS) is 31.0. The molecule has 12 saturated carbocycles. The number of ether oxygens (including phenoxy) is 6. The predicted molar refractivity (Wildman–Crippen MR) is 299 cm³/mol. The molecule has 486 valence electrons. The van der Waals surface area contributed by atoms with Crippen LogP contribution in [-0.2, 0) is 71.6 Å². The summed E-state index contributed by atoms with van der Waals surface area (Å²) in [6.07, 6.45) is 28.3. The van der Waals surface area contributed by atoms with Gasteiger partial charge in [-0.05, 0) is 147 Å². The molecular weight excluding hydrogens is 1130 g/mol. The van der Waals surface area contributed by atoms with Gasteiger partial charge in [0.1, 0.15) is 40.8 Å². The molecule has 12 bridgehead atoms. The Bertz CT molecular complexity index is 2340. The van der Waals surface area contributed by atoms with Gasteiger partial charge in [0.15, 0.2) is 0 Å². The second kappa shape index (κ2) is 29.8. The highest BCUT2D eigenvalue weighted by Crippen LogP contribution is 2.58. The number of alkyl halides is 6. The summed E-state index contributed by atoms with van der Waals surface area (Å²) in [4.78, 5) is 107. The molecule has 0 aromatic rings. The van der Waals surface area contributed by atoms with Gasteiger partial charge in [0, 0.05) is 69.1 Å². The Labute approximate surface area is 502 Å². The maximum atomic E-state index is 12.8. The van der Waals surface area contributed by atoms with Crippen molar-refractivity contribution in [2.75, 3.05) is 19.8 Å². The summed E-state index contributed by atoms with van der Waals surface area (Å²) >= 11 is 0. The lowest BCUT2D eigenvalue weighted by Gasteiger charge is -2.54. The largest absolute Gasteiger partial charge is 0.461 e. The van der Waals surface area contributed by atoms with Crippen LogP contribution in [0.5, 0.6) is 0 Å². The molecule has 7 atom stereocenters. The van der Waals surface area contributed by atoms with E-state index >= 15 is 0 Å². The Kier molecular flexibility index (Phi) is 23.9. The van der Waals surface area contributed by atoms with E-state index in [9.17, 15) is 69.5 Å². The number of hydrogen-bond donors (Lipinski definition) is 0. The number of carbonyl (C=O) groups excluding carboxylic acids is 9. The summed E-state index contributed by atoms with van der Waals surface area (Å²) in [6.45, 7) is 2.65. The summed E-state index contributed by atoms with van der Waals surface area (Å²) in [5.41, 5.74) is -1.33. The maximum absolute atomic E-state index is 12.8. The lowest BCUT2D eigenvalue weighted by atomic mass is 9.53. The monoisotopic (exact) mass is 1230 g/mol. The zero-order chi connectivity index (χ0) is 62.7. The van der Waals surface area contributed by atoms with Crippen molar-refractivity contribution in [3.8, 4) is 0 Å². The fraction of sp³-hybridized carbons (Fsp3) is 0.862. The van der Waals surface area contributed by atoms with E-state index in [4.69, 9.17) is 14.2 Å². The van der Waals surface area contributed by atoms with Crippen LogP contribution in [0.2, 0.25) is 0 Å². The molecule has 21 heteroatoms. The van der Waals surface area contributed by atoms with Crippen molar-refractivity contribution in [2.45, 2.75) is 274 Å². The SMILES string of the molecule is CC(COC(=O)C(C)(F)F)C(=O)OC12CC3CC(C1)C(=O)C(C3)C2.CC(F)(F)C(=O)OCCCCCCCCC(=O)OC12CC3CC(C1)C(=O)C(C3)C2.CC(F)(F)C(=O)OCCCCCCCCCCCCC(=O)OC12CC3CC(C1)C(=O)C(C3)C2. The average Bonchev–Trinajstić information content (AvgIpc) is 0.939. The molecule has 0 saturated heterocycles. The van der Waals surface area contributed by atoms with Gasteiger partial charge in [0.05, 0.1) is 19.1 Å². The quantitative estimate of drug-likeness (QED) is 0.0274. The highest BCUT2D eigenvalue weighted by atomic mass is 19.3. The van der Waals surface area contributed by atoms with Gasteiger partial charge in [-0.15, -0.1) is 0 Å². The van der Waals surface area contributed by atoms with Crippen molar-refractivity contribution in [1.82, 2.24) is 0 Å². The Morgan fingerprint density at radius 1 is 0.395 bits per heavy atom. The summed E-state index contributed by atoms with van der Waals surface area (Å²) in [6, 6.07) is 0. The molecule has 15 nitrogen and oxygen atoms in total. The summed E-state index contributed by atoms with van der Waals surface area (Å²) < 4.78 is 107. The van der Waals surface area contributed by atoms with E-state index in [1.165, 1.54) is 6.92 Å². The molecule has 0 radical (unpaired) electrons. The third-order valence-electron chi connectivity index (χ3n) is 19.8. The van der Waals surface area contributed by atoms with Gasteiger partial charge in [0.25, 0.3) is 0 Å². The number of carbonyl (C=O) groups is 9. The van der Waals surface area contributed by atoms with Gasteiger partial charge >= 0.3 is 53.6 Å². The first kappa shape index (κ1) is 68.9. The van der Waals surface area contributed by atoms with Crippen LogP contribution in [0.4, 0.5) is 26.3 Å². The highest BCUT2D eigenvalue weighted by Gasteiger charge is 2.60. The second-order valence-electron chi connectivity index (χ2n) is 27.7. The van der Waals surface area contributed by atoms with Gasteiger partial charge < -0.3 is 28.4 Å². The molecule has 7 unspecified atom stereocenters. The van der Waals surface area contributed by atoms with Crippen molar-refractivity contribution in [3.63, 3.8) is 0 Å². The van der Waals surface area contributed by atoms with Crippen molar-refractivity contribution >= 4 is 53.2 Å². The number of unbranched alkanes of at least 4 members (excludes halogenated alkanes) is 14. The van der Waals surface area contributed by atoms with E-state index in [2.05, 4.69) is 14.2 Å². The fourth-order valence-corrected chi connectivity index (χ4v) is 16.1. The third-order valence-corrected chi connectivity index (χ3v) is 19.8. The number of esters is 6. The molecule has 0 spiro atoms. The van der Waals surface area contributed by atoms with Crippen LogP contribution in [0.25, 0.3) is 0 Å².